The van der Waals surface area contributed by atoms with E-state index in [1.165, 1.54) is 6.07 Å². The van der Waals surface area contributed by atoms with Gasteiger partial charge in [0.1, 0.15) is 0 Å². The Kier molecular flexibility index (Phi) is 13.1. The van der Waals surface area contributed by atoms with E-state index in [4.69, 9.17) is 9.47 Å². The zero-order valence-corrected chi connectivity index (χ0v) is 17.0. The van der Waals surface area contributed by atoms with E-state index in [2.05, 4.69) is 20.4 Å². The first-order valence-electron chi connectivity index (χ1n) is 7.74. The second-order valence-electron chi connectivity index (χ2n) is 4.79. The van der Waals surface area contributed by atoms with Gasteiger partial charge in [0.05, 0.1) is 6.61 Å². The Bertz CT molecular complexity index is 519. The van der Waals surface area contributed by atoms with E-state index >= 15 is 0 Å². The fraction of sp³-hybridized carbons (Fsp3) is 0.562. The van der Waals surface area contributed by atoms with Crippen LogP contribution < -0.4 is 20.1 Å². The molecule has 0 fully saturated rings. The van der Waals surface area contributed by atoms with Gasteiger partial charge in [0, 0.05) is 33.9 Å². The van der Waals surface area contributed by atoms with Gasteiger partial charge in [-0.2, -0.15) is 8.78 Å². The van der Waals surface area contributed by atoms with Gasteiger partial charge in [0.2, 0.25) is 0 Å². The molecular formula is C16H26F2IN3O3. The molecule has 25 heavy (non-hydrogen) atoms. The molecule has 0 bridgehead atoms. The molecular weight excluding hydrogens is 447 g/mol. The lowest BCUT2D eigenvalue weighted by molar-refractivity contribution is -0.0514. The molecule has 144 valence electrons. The zero-order chi connectivity index (χ0) is 17.8. The summed E-state index contributed by atoms with van der Waals surface area (Å²) >= 11 is 0. The maximum Gasteiger partial charge on any atom is 0.387 e. The van der Waals surface area contributed by atoms with Crippen LogP contribution in [-0.2, 0) is 11.3 Å². The van der Waals surface area contributed by atoms with E-state index in [1.54, 1.807) is 33.2 Å². The molecule has 6 nitrogen and oxygen atoms in total. The second-order valence-corrected chi connectivity index (χ2v) is 4.79. The number of alkyl halides is 2. The minimum absolute atomic E-state index is 0. The largest absolute Gasteiger partial charge is 0.490 e. The monoisotopic (exact) mass is 473 g/mol. The third-order valence-electron chi connectivity index (χ3n) is 3.03. The lowest BCUT2D eigenvalue weighted by Gasteiger charge is -2.14. The first kappa shape index (κ1) is 23.6. The van der Waals surface area contributed by atoms with Crippen molar-refractivity contribution in [2.75, 3.05) is 33.9 Å². The van der Waals surface area contributed by atoms with Crippen molar-refractivity contribution in [3.8, 4) is 11.5 Å². The number of nitrogens with one attached hydrogen (secondary N) is 2. The minimum atomic E-state index is -2.89. The van der Waals surface area contributed by atoms with Crippen LogP contribution >= 0.6 is 24.0 Å². The summed E-state index contributed by atoms with van der Waals surface area (Å²) < 4.78 is 39.6. The van der Waals surface area contributed by atoms with Gasteiger partial charge in [-0.05, 0) is 31.0 Å². The van der Waals surface area contributed by atoms with Crippen molar-refractivity contribution in [1.82, 2.24) is 10.6 Å². The van der Waals surface area contributed by atoms with Crippen LogP contribution in [0, 0.1) is 0 Å². The van der Waals surface area contributed by atoms with E-state index in [0.717, 1.165) is 18.5 Å². The molecule has 0 aromatic heterocycles. The number of guanidine groups is 1. The number of nitrogens with zero attached hydrogens (tertiary/aromatic N) is 1. The molecule has 0 spiro atoms. The van der Waals surface area contributed by atoms with Crippen LogP contribution in [0.25, 0.3) is 0 Å². The van der Waals surface area contributed by atoms with Crippen LogP contribution in [0.3, 0.4) is 0 Å². The summed E-state index contributed by atoms with van der Waals surface area (Å²) in [5.41, 5.74) is 0.861. The van der Waals surface area contributed by atoms with Gasteiger partial charge in [-0.3, -0.25) is 4.99 Å². The molecule has 0 unspecified atom stereocenters. The molecule has 0 amide bonds. The van der Waals surface area contributed by atoms with Gasteiger partial charge >= 0.3 is 6.61 Å². The molecule has 1 aromatic rings. The highest BCUT2D eigenvalue weighted by atomic mass is 127. The maximum absolute atomic E-state index is 12.4. The molecule has 1 aromatic carbocycles. The Morgan fingerprint density at radius 3 is 2.60 bits per heavy atom. The molecule has 0 aliphatic rings. The third-order valence-corrected chi connectivity index (χ3v) is 3.03. The molecule has 0 atom stereocenters. The van der Waals surface area contributed by atoms with E-state index in [-0.39, 0.29) is 29.7 Å². The number of aliphatic imine (C=N–C) groups is 1. The average Bonchev–Trinajstić information content (AvgIpc) is 2.56. The quantitative estimate of drug-likeness (QED) is 0.237. The summed E-state index contributed by atoms with van der Waals surface area (Å²) in [4.78, 5) is 4.11. The zero-order valence-electron chi connectivity index (χ0n) is 14.7. The normalized spacial score (nSPS) is 11.0. The molecule has 0 aliphatic carbocycles. The second kappa shape index (κ2) is 13.9. The highest BCUT2D eigenvalue weighted by Crippen LogP contribution is 2.29. The summed E-state index contributed by atoms with van der Waals surface area (Å²) in [6.07, 6.45) is 0.866. The van der Waals surface area contributed by atoms with Crippen molar-refractivity contribution < 1.29 is 23.0 Å². The van der Waals surface area contributed by atoms with Crippen LogP contribution in [0.15, 0.2) is 23.2 Å². The highest BCUT2D eigenvalue weighted by molar-refractivity contribution is 14.0. The van der Waals surface area contributed by atoms with Crippen molar-refractivity contribution >= 4 is 29.9 Å². The molecule has 9 heteroatoms. The van der Waals surface area contributed by atoms with E-state index < -0.39 is 6.61 Å². The Balaban J connectivity index is 0.00000576. The van der Waals surface area contributed by atoms with E-state index in [9.17, 15) is 8.78 Å². The van der Waals surface area contributed by atoms with Crippen LogP contribution in [0.4, 0.5) is 8.78 Å². The SMILES string of the molecule is CCOc1cc(CNC(=NC)NCCCOC)ccc1OC(F)F.I. The Hall–Kier alpha value is -1.36. The van der Waals surface area contributed by atoms with Gasteiger partial charge in [-0.15, -0.1) is 24.0 Å². The number of hydrogen-bond donors (Lipinski definition) is 2. The molecule has 0 heterocycles. The predicted octanol–water partition coefficient (Wildman–Crippen LogP) is 3.01. The number of methoxy groups -OCH3 is 1. The number of ether oxygens (including phenoxy) is 3. The Morgan fingerprint density at radius 1 is 1.24 bits per heavy atom. The lowest BCUT2D eigenvalue weighted by Crippen LogP contribution is -2.37. The van der Waals surface area contributed by atoms with Crippen LogP contribution in [0.2, 0.25) is 0 Å². The van der Waals surface area contributed by atoms with Crippen molar-refractivity contribution in [2.45, 2.75) is 26.5 Å². The lowest BCUT2D eigenvalue weighted by atomic mass is 10.2. The summed E-state index contributed by atoms with van der Waals surface area (Å²) in [5, 5.41) is 6.30. The van der Waals surface area contributed by atoms with Crippen molar-refractivity contribution in [3.63, 3.8) is 0 Å². The van der Waals surface area contributed by atoms with Gasteiger partial charge in [-0.1, -0.05) is 6.07 Å². The van der Waals surface area contributed by atoms with E-state index in [0.29, 0.717) is 31.5 Å². The molecule has 0 radical (unpaired) electrons. The first-order chi connectivity index (χ1) is 11.6. The fourth-order valence-electron chi connectivity index (χ4n) is 1.95. The van der Waals surface area contributed by atoms with Crippen molar-refractivity contribution in [1.29, 1.82) is 0 Å². The Morgan fingerprint density at radius 2 is 2.00 bits per heavy atom. The number of halogens is 3. The molecule has 0 aliphatic heterocycles. The van der Waals surface area contributed by atoms with Gasteiger partial charge < -0.3 is 24.8 Å². The predicted molar refractivity (Wildman–Crippen MR) is 104 cm³/mol. The fourth-order valence-corrected chi connectivity index (χ4v) is 1.95. The topological polar surface area (TPSA) is 64.1 Å². The van der Waals surface area contributed by atoms with Gasteiger partial charge in [-0.25, -0.2) is 0 Å². The first-order valence-corrected chi connectivity index (χ1v) is 7.74. The molecule has 1 rings (SSSR count). The van der Waals surface area contributed by atoms with Crippen molar-refractivity contribution in [3.05, 3.63) is 23.8 Å². The number of benzene rings is 1. The number of hydrogen-bond acceptors (Lipinski definition) is 4. The number of rotatable bonds is 10. The molecule has 0 saturated carbocycles. The summed E-state index contributed by atoms with van der Waals surface area (Å²) in [7, 11) is 3.33. The highest BCUT2D eigenvalue weighted by Gasteiger charge is 2.11. The third kappa shape index (κ3) is 9.63. The summed E-state index contributed by atoms with van der Waals surface area (Å²) in [6.45, 7) is 1.14. The maximum atomic E-state index is 12.4. The van der Waals surface area contributed by atoms with Crippen LogP contribution in [-0.4, -0.2) is 46.5 Å². The van der Waals surface area contributed by atoms with E-state index in [1.807, 2.05) is 0 Å². The Labute approximate surface area is 164 Å². The standard InChI is InChI=1S/C16H25F2N3O3.HI/c1-4-23-14-10-12(6-7-13(14)24-15(17)18)11-21-16(19-2)20-8-5-9-22-3;/h6-7,10,15H,4-5,8-9,11H2,1-3H3,(H2,19,20,21);1H. The molecule has 0 saturated heterocycles. The van der Waals surface area contributed by atoms with Gasteiger partial charge in [0.25, 0.3) is 0 Å². The summed E-state index contributed by atoms with van der Waals surface area (Å²) in [5.74, 6) is 0.967. The minimum Gasteiger partial charge on any atom is -0.490 e. The van der Waals surface area contributed by atoms with Gasteiger partial charge in [0.15, 0.2) is 17.5 Å². The average molecular weight is 473 g/mol. The van der Waals surface area contributed by atoms with Crippen LogP contribution in [0.5, 0.6) is 11.5 Å². The van der Waals surface area contributed by atoms with Crippen LogP contribution in [0.1, 0.15) is 18.9 Å². The summed E-state index contributed by atoms with van der Waals surface area (Å²) in [6, 6.07) is 4.85. The van der Waals surface area contributed by atoms with Crippen molar-refractivity contribution in [2.24, 2.45) is 4.99 Å². The molecule has 2 N–H and O–H groups in total. The smallest absolute Gasteiger partial charge is 0.387 e.